The van der Waals surface area contributed by atoms with Crippen molar-refractivity contribution in [2.45, 2.75) is 27.7 Å². The van der Waals surface area contributed by atoms with E-state index in [-0.39, 0.29) is 24.6 Å². The maximum atomic E-state index is 3.40. The zero-order chi connectivity index (χ0) is 10.4. The molecule has 0 aromatic rings. The topological polar surface area (TPSA) is 0 Å². The van der Waals surface area contributed by atoms with Crippen LogP contribution in [0.2, 0.25) is 14.8 Å². The predicted molar refractivity (Wildman–Crippen MR) is 67.7 cm³/mol. The molecule has 0 amide bonds. The molecule has 0 atom stereocenters. The zero-order valence-electron chi connectivity index (χ0n) is 11.8. The monoisotopic (exact) mass is 344 g/mol. The number of hydrogen-bond acceptors (Lipinski definition) is 0. The molecule has 0 N–H and O–H groups in total. The first-order valence-electron chi connectivity index (χ1n) is 5.10. The Bertz CT molecular complexity index is 289. The Labute approximate surface area is 116 Å². The van der Waals surface area contributed by atoms with Crippen molar-refractivity contribution in [3.05, 3.63) is 46.1 Å². The van der Waals surface area contributed by atoms with E-state index >= 15 is 0 Å². The third-order valence-corrected chi connectivity index (χ3v) is 7.68. The summed E-state index contributed by atoms with van der Waals surface area (Å²) in [5, 5.41) is 0. The minimum atomic E-state index is -1.67. The minimum absolute atomic E-state index is 0. The molecular formula is C13H20SnTi. The van der Waals surface area contributed by atoms with Gasteiger partial charge in [-0.3, -0.25) is 6.08 Å². The minimum Gasteiger partial charge on any atom is -1.00 e. The van der Waals surface area contributed by atoms with Crippen LogP contribution in [0.5, 0.6) is 0 Å². The van der Waals surface area contributed by atoms with Crippen molar-refractivity contribution in [3.8, 4) is 0 Å². The molecule has 0 nitrogen and oxygen atoms in total. The summed E-state index contributed by atoms with van der Waals surface area (Å²) in [5.41, 5.74) is 0. The first-order chi connectivity index (χ1) is 6.61. The Balaban J connectivity index is -0.000000216. The first kappa shape index (κ1) is 15.5. The average molecular weight is 343 g/mol. The number of allylic oxidation sites excluding steroid dienone is 8. The molecule has 80 valence electrons. The van der Waals surface area contributed by atoms with E-state index < -0.39 is 18.4 Å². The molecule has 2 aliphatic rings. The standard InChI is InChI=1S/C5H5.C5H4.3CH3.Sn.Ti.2H/c2*1-2-4-5-3-1;;;;;;;/h1-3H,4H2;1-2H,3H2;3*1H3;;;;/q2*-1;;;;;+4;2*-1. The van der Waals surface area contributed by atoms with Gasteiger partial charge in [-0.25, -0.2) is 12.2 Å². The normalized spacial score (nSPS) is 16.9. The fraction of sp³-hybridized carbons (Fsp3) is 0.385. The van der Waals surface area contributed by atoms with Crippen LogP contribution in [0.15, 0.2) is 34.0 Å². The van der Waals surface area contributed by atoms with Crippen LogP contribution < -0.4 is 0 Å². The third-order valence-electron chi connectivity index (χ3n) is 2.09. The Morgan fingerprint density at radius 1 is 1.20 bits per heavy atom. The van der Waals surface area contributed by atoms with E-state index in [0.717, 1.165) is 12.8 Å². The summed E-state index contributed by atoms with van der Waals surface area (Å²) in [5.74, 6) is 0. The van der Waals surface area contributed by atoms with Crippen LogP contribution in [0, 0.1) is 12.2 Å². The van der Waals surface area contributed by atoms with Crippen molar-refractivity contribution < 1.29 is 24.6 Å². The van der Waals surface area contributed by atoms with Crippen LogP contribution in [0.1, 0.15) is 15.7 Å². The summed E-state index contributed by atoms with van der Waals surface area (Å²) in [6.45, 7) is 0. The van der Waals surface area contributed by atoms with Crippen molar-refractivity contribution in [1.29, 1.82) is 0 Å². The Morgan fingerprint density at radius 3 is 2.13 bits per heavy atom. The van der Waals surface area contributed by atoms with Gasteiger partial charge in [0.15, 0.2) is 0 Å². The third kappa shape index (κ3) is 6.60. The summed E-state index contributed by atoms with van der Waals surface area (Å²) in [7, 11) is 0. The molecular weight excluding hydrogens is 323 g/mol. The van der Waals surface area contributed by atoms with Gasteiger partial charge in [-0.1, -0.05) is 0 Å². The number of hydrogen-bond donors (Lipinski definition) is 0. The molecule has 0 aromatic carbocycles. The second-order valence-corrected chi connectivity index (χ2v) is 18.8. The molecule has 2 rings (SSSR count). The van der Waals surface area contributed by atoms with Gasteiger partial charge in [-0.05, 0) is 0 Å². The molecule has 0 fully saturated rings. The van der Waals surface area contributed by atoms with E-state index in [4.69, 9.17) is 0 Å². The Kier molecular flexibility index (Phi) is 7.94. The molecule has 15 heavy (non-hydrogen) atoms. The van der Waals surface area contributed by atoms with Crippen LogP contribution in [0.4, 0.5) is 0 Å². The van der Waals surface area contributed by atoms with Gasteiger partial charge < -0.3 is 2.85 Å². The predicted octanol–water partition coefficient (Wildman–Crippen LogP) is 4.08. The second-order valence-electron chi connectivity index (χ2n) is 4.45. The molecule has 0 radical (unpaired) electrons. The molecule has 0 bridgehead atoms. The summed E-state index contributed by atoms with van der Waals surface area (Å²) in [6, 6.07) is 0. The first-order valence-corrected chi connectivity index (χ1v) is 15.1. The fourth-order valence-electron chi connectivity index (χ4n) is 1.26. The van der Waals surface area contributed by atoms with Gasteiger partial charge in [0, 0.05) is 0 Å². The Hall–Kier alpha value is 0.473. The van der Waals surface area contributed by atoms with E-state index in [1.54, 1.807) is 3.59 Å². The van der Waals surface area contributed by atoms with Gasteiger partial charge in [0.25, 0.3) is 0 Å². The van der Waals surface area contributed by atoms with E-state index in [1.807, 2.05) is 12.2 Å². The average Bonchev–Trinajstić information content (AvgIpc) is 2.80. The number of rotatable bonds is 1. The quantitative estimate of drug-likeness (QED) is 0.497. The van der Waals surface area contributed by atoms with E-state index in [2.05, 4.69) is 45.2 Å². The van der Waals surface area contributed by atoms with Gasteiger partial charge in [-0.2, -0.15) is 6.08 Å². The maximum absolute atomic E-state index is 3.40. The largest absolute Gasteiger partial charge is 4.00 e. The molecule has 2 heteroatoms. The van der Waals surface area contributed by atoms with Gasteiger partial charge in [0.1, 0.15) is 0 Å². The van der Waals surface area contributed by atoms with Crippen molar-refractivity contribution in [1.82, 2.24) is 0 Å². The maximum Gasteiger partial charge on any atom is 4.00 e. The molecule has 0 spiro atoms. The zero-order valence-corrected chi connectivity index (χ0v) is 14.2. The van der Waals surface area contributed by atoms with Crippen LogP contribution in [-0.4, -0.2) is 18.4 Å². The van der Waals surface area contributed by atoms with Crippen LogP contribution in [0.25, 0.3) is 0 Å². The van der Waals surface area contributed by atoms with E-state index in [0.29, 0.717) is 0 Å². The molecule has 0 unspecified atom stereocenters. The molecule has 0 aliphatic heterocycles. The summed E-state index contributed by atoms with van der Waals surface area (Å²) in [6.07, 6.45) is 18.9. The summed E-state index contributed by atoms with van der Waals surface area (Å²) < 4.78 is 1.56. The van der Waals surface area contributed by atoms with E-state index in [9.17, 15) is 0 Å². The molecule has 0 aromatic heterocycles. The molecule has 0 saturated carbocycles. The van der Waals surface area contributed by atoms with Crippen molar-refractivity contribution in [2.75, 3.05) is 0 Å². The van der Waals surface area contributed by atoms with Crippen LogP contribution >= 0.6 is 0 Å². The van der Waals surface area contributed by atoms with E-state index in [1.165, 1.54) is 0 Å². The van der Waals surface area contributed by atoms with Crippen LogP contribution in [0.3, 0.4) is 0 Å². The smallest absolute Gasteiger partial charge is 1.00 e. The fourth-order valence-corrected chi connectivity index (χ4v) is 4.83. The van der Waals surface area contributed by atoms with Crippen molar-refractivity contribution >= 4 is 18.4 Å². The summed E-state index contributed by atoms with van der Waals surface area (Å²) >= 11 is -1.67. The molecule has 2 aliphatic carbocycles. The SMILES string of the molecule is [C-]1=CC=CC1.[CH3][Sn]([CH3])([CH3])[C]1=[C-]CC=C1.[H-].[H-].[Ti+4]. The van der Waals surface area contributed by atoms with Gasteiger partial charge >= 0.3 is 83.2 Å². The van der Waals surface area contributed by atoms with Gasteiger partial charge in [0.2, 0.25) is 0 Å². The summed E-state index contributed by atoms with van der Waals surface area (Å²) in [4.78, 5) is 7.27. The second kappa shape index (κ2) is 7.70. The van der Waals surface area contributed by atoms with Gasteiger partial charge in [0.05, 0.1) is 0 Å². The van der Waals surface area contributed by atoms with Crippen molar-refractivity contribution in [2.24, 2.45) is 0 Å². The molecule has 0 heterocycles. The van der Waals surface area contributed by atoms with Crippen molar-refractivity contribution in [3.63, 3.8) is 0 Å². The van der Waals surface area contributed by atoms with Gasteiger partial charge in [-0.15, -0.1) is 6.42 Å². The van der Waals surface area contributed by atoms with Crippen LogP contribution in [-0.2, 0) is 21.7 Å². The Morgan fingerprint density at radius 2 is 1.93 bits per heavy atom. The molecule has 0 saturated heterocycles.